The molecular weight excluding hydrogens is 336 g/mol. The van der Waals surface area contributed by atoms with Crippen LogP contribution in [0.5, 0.6) is 0 Å². The fourth-order valence-electron chi connectivity index (χ4n) is 2.26. The summed E-state index contributed by atoms with van der Waals surface area (Å²) in [5.41, 5.74) is 2.14. The minimum absolute atomic E-state index is 0.271. The van der Waals surface area contributed by atoms with Crippen LogP contribution in [0.15, 0.2) is 78.9 Å². The predicted octanol–water partition coefficient (Wildman–Crippen LogP) is 4.84. The zero-order valence-electron chi connectivity index (χ0n) is 13.2. The highest BCUT2D eigenvalue weighted by atomic mass is 35.5. The minimum Gasteiger partial charge on any atom is -0.322 e. The van der Waals surface area contributed by atoms with Crippen molar-refractivity contribution in [3.05, 3.63) is 95.0 Å². The number of para-hydroxylation sites is 1. The molecule has 0 saturated heterocycles. The van der Waals surface area contributed by atoms with Crippen LogP contribution < -0.4 is 10.6 Å². The van der Waals surface area contributed by atoms with Crippen molar-refractivity contribution in [2.75, 3.05) is 10.6 Å². The Labute approximate surface area is 150 Å². The summed E-state index contributed by atoms with van der Waals surface area (Å²) < 4.78 is 0. The quantitative estimate of drug-likeness (QED) is 0.707. The molecule has 0 aliphatic heterocycles. The molecule has 3 aromatic rings. The summed E-state index contributed by atoms with van der Waals surface area (Å²) in [6, 6.07) is 22.5. The summed E-state index contributed by atoms with van der Waals surface area (Å²) in [4.78, 5) is 24.7. The van der Waals surface area contributed by atoms with Crippen molar-refractivity contribution < 1.29 is 9.59 Å². The van der Waals surface area contributed by atoms with E-state index < -0.39 is 0 Å². The molecule has 0 fully saturated rings. The van der Waals surface area contributed by atoms with Crippen LogP contribution in [0, 0.1) is 0 Å². The maximum Gasteiger partial charge on any atom is 0.255 e. The van der Waals surface area contributed by atoms with Crippen LogP contribution in [0.3, 0.4) is 0 Å². The van der Waals surface area contributed by atoms with Crippen molar-refractivity contribution in [1.82, 2.24) is 0 Å². The monoisotopic (exact) mass is 350 g/mol. The lowest BCUT2D eigenvalue weighted by Crippen LogP contribution is -2.15. The first-order valence-electron chi connectivity index (χ1n) is 7.65. The Balaban J connectivity index is 1.73. The number of hydrogen-bond donors (Lipinski definition) is 2. The number of amides is 2. The Morgan fingerprint density at radius 2 is 1.16 bits per heavy atom. The van der Waals surface area contributed by atoms with Gasteiger partial charge in [-0.3, -0.25) is 9.59 Å². The van der Waals surface area contributed by atoms with Gasteiger partial charge in [0, 0.05) is 27.5 Å². The van der Waals surface area contributed by atoms with Gasteiger partial charge in [-0.15, -0.1) is 0 Å². The van der Waals surface area contributed by atoms with Crippen molar-refractivity contribution in [3.8, 4) is 0 Å². The van der Waals surface area contributed by atoms with E-state index in [1.54, 1.807) is 60.7 Å². The number of anilines is 2. The summed E-state index contributed by atoms with van der Waals surface area (Å²) in [5.74, 6) is -0.566. The van der Waals surface area contributed by atoms with Crippen LogP contribution in [0.2, 0.25) is 5.02 Å². The molecule has 0 atom stereocenters. The second-order valence-corrected chi connectivity index (χ2v) is 5.80. The van der Waals surface area contributed by atoms with E-state index in [4.69, 9.17) is 11.6 Å². The molecule has 3 aromatic carbocycles. The third-order valence-electron chi connectivity index (χ3n) is 3.52. The first-order valence-corrected chi connectivity index (χ1v) is 8.03. The van der Waals surface area contributed by atoms with Gasteiger partial charge in [-0.25, -0.2) is 0 Å². The van der Waals surface area contributed by atoms with Gasteiger partial charge in [0.15, 0.2) is 0 Å². The molecule has 0 aliphatic carbocycles. The third kappa shape index (κ3) is 4.46. The van der Waals surface area contributed by atoms with E-state index in [1.807, 2.05) is 18.2 Å². The number of rotatable bonds is 4. The molecular formula is C20H15ClN2O2. The van der Waals surface area contributed by atoms with Gasteiger partial charge in [0.2, 0.25) is 0 Å². The topological polar surface area (TPSA) is 58.2 Å². The summed E-state index contributed by atoms with van der Waals surface area (Å²) in [6.07, 6.45) is 0. The SMILES string of the molecule is O=C(Nc1ccccc1)c1cccc(C(=O)Nc2ccc(Cl)cc2)c1. The Morgan fingerprint density at radius 3 is 1.72 bits per heavy atom. The summed E-state index contributed by atoms with van der Waals surface area (Å²) in [5, 5.41) is 6.16. The minimum atomic E-state index is -0.295. The molecule has 4 nitrogen and oxygen atoms in total. The summed E-state index contributed by atoms with van der Waals surface area (Å²) in [6.45, 7) is 0. The number of halogens is 1. The van der Waals surface area contributed by atoms with Crippen LogP contribution in [-0.2, 0) is 0 Å². The standard InChI is InChI=1S/C20H15ClN2O2/c21-16-9-11-18(12-10-16)23-20(25)15-6-4-5-14(13-15)19(24)22-17-7-2-1-3-8-17/h1-13H,(H,22,24)(H,23,25). The van der Waals surface area contributed by atoms with Gasteiger partial charge in [-0.1, -0.05) is 35.9 Å². The Morgan fingerprint density at radius 1 is 0.640 bits per heavy atom. The fourth-order valence-corrected chi connectivity index (χ4v) is 2.39. The van der Waals surface area contributed by atoms with Gasteiger partial charge >= 0.3 is 0 Å². The molecule has 5 heteroatoms. The molecule has 0 unspecified atom stereocenters. The van der Waals surface area contributed by atoms with Crippen LogP contribution in [0.25, 0.3) is 0 Å². The number of carbonyl (C=O) groups excluding carboxylic acids is 2. The van der Waals surface area contributed by atoms with Crippen LogP contribution in [0.4, 0.5) is 11.4 Å². The highest BCUT2D eigenvalue weighted by molar-refractivity contribution is 6.30. The lowest BCUT2D eigenvalue weighted by atomic mass is 10.1. The predicted molar refractivity (Wildman–Crippen MR) is 100 cm³/mol. The van der Waals surface area contributed by atoms with Crippen molar-refractivity contribution in [2.24, 2.45) is 0 Å². The third-order valence-corrected chi connectivity index (χ3v) is 3.77. The normalized spacial score (nSPS) is 10.1. The number of carbonyl (C=O) groups is 2. The molecule has 0 spiro atoms. The first kappa shape index (κ1) is 16.7. The molecule has 0 aliphatic rings. The second-order valence-electron chi connectivity index (χ2n) is 5.36. The highest BCUT2D eigenvalue weighted by Gasteiger charge is 2.11. The zero-order chi connectivity index (χ0) is 17.6. The number of nitrogens with one attached hydrogen (secondary N) is 2. The van der Waals surface area contributed by atoms with Crippen molar-refractivity contribution in [2.45, 2.75) is 0 Å². The van der Waals surface area contributed by atoms with Gasteiger partial charge in [-0.05, 0) is 54.6 Å². The van der Waals surface area contributed by atoms with Gasteiger partial charge in [0.25, 0.3) is 11.8 Å². The lowest BCUT2D eigenvalue weighted by molar-refractivity contribution is 0.102. The van der Waals surface area contributed by atoms with E-state index in [2.05, 4.69) is 10.6 Å². The van der Waals surface area contributed by atoms with Gasteiger partial charge in [-0.2, -0.15) is 0 Å². The van der Waals surface area contributed by atoms with Crippen LogP contribution in [0.1, 0.15) is 20.7 Å². The van der Waals surface area contributed by atoms with E-state index in [9.17, 15) is 9.59 Å². The molecule has 0 radical (unpaired) electrons. The maximum atomic E-state index is 12.4. The first-order chi connectivity index (χ1) is 12.1. The molecule has 124 valence electrons. The van der Waals surface area contributed by atoms with Crippen molar-refractivity contribution >= 4 is 34.8 Å². The largest absolute Gasteiger partial charge is 0.322 e. The average Bonchev–Trinajstić information content (AvgIpc) is 2.64. The maximum absolute atomic E-state index is 12.4. The van der Waals surface area contributed by atoms with Crippen LogP contribution >= 0.6 is 11.6 Å². The Bertz CT molecular complexity index is 893. The second kappa shape index (κ2) is 7.64. The summed E-state index contributed by atoms with van der Waals surface area (Å²) >= 11 is 5.83. The zero-order valence-corrected chi connectivity index (χ0v) is 14.0. The molecule has 2 amide bonds. The smallest absolute Gasteiger partial charge is 0.255 e. The molecule has 0 saturated carbocycles. The van der Waals surface area contributed by atoms with Crippen LogP contribution in [-0.4, -0.2) is 11.8 Å². The number of benzene rings is 3. The van der Waals surface area contributed by atoms with Crippen molar-refractivity contribution in [3.63, 3.8) is 0 Å². The van der Waals surface area contributed by atoms with E-state index >= 15 is 0 Å². The molecule has 3 rings (SSSR count). The molecule has 0 heterocycles. The molecule has 0 bridgehead atoms. The van der Waals surface area contributed by atoms with Gasteiger partial charge in [0.05, 0.1) is 0 Å². The number of hydrogen-bond acceptors (Lipinski definition) is 2. The highest BCUT2D eigenvalue weighted by Crippen LogP contribution is 2.15. The van der Waals surface area contributed by atoms with E-state index in [0.717, 1.165) is 0 Å². The van der Waals surface area contributed by atoms with Crippen molar-refractivity contribution in [1.29, 1.82) is 0 Å². The van der Waals surface area contributed by atoms with Gasteiger partial charge < -0.3 is 10.6 Å². The van der Waals surface area contributed by atoms with E-state index in [0.29, 0.717) is 27.5 Å². The molecule has 25 heavy (non-hydrogen) atoms. The fraction of sp³-hybridized carbons (Fsp3) is 0. The average molecular weight is 351 g/mol. The Kier molecular flexibility index (Phi) is 5.11. The Hall–Kier alpha value is -3.11. The van der Waals surface area contributed by atoms with E-state index in [-0.39, 0.29) is 11.8 Å². The summed E-state index contributed by atoms with van der Waals surface area (Å²) in [7, 11) is 0. The lowest BCUT2D eigenvalue weighted by Gasteiger charge is -2.08. The molecule has 2 N–H and O–H groups in total. The van der Waals surface area contributed by atoms with Gasteiger partial charge in [0.1, 0.15) is 0 Å². The molecule has 0 aromatic heterocycles. The van der Waals surface area contributed by atoms with E-state index in [1.165, 1.54) is 0 Å².